The van der Waals surface area contributed by atoms with Crippen LogP contribution in [0.1, 0.15) is 18.4 Å². The highest BCUT2D eigenvalue weighted by Gasteiger charge is 2.19. The van der Waals surface area contributed by atoms with E-state index in [0.29, 0.717) is 23.0 Å². The molecule has 150 valence electrons. The number of rotatable bonds is 7. The monoisotopic (exact) mass is 411 g/mol. The molecule has 0 saturated heterocycles. The predicted molar refractivity (Wildman–Crippen MR) is 109 cm³/mol. The first kappa shape index (κ1) is 19.3. The van der Waals surface area contributed by atoms with E-state index >= 15 is 0 Å². The summed E-state index contributed by atoms with van der Waals surface area (Å²) in [5.74, 6) is 2.63. The smallest absolute Gasteiger partial charge is 0.240 e. The third kappa shape index (κ3) is 4.52. The van der Waals surface area contributed by atoms with Crippen LogP contribution in [0.15, 0.2) is 77.7 Å². The Hall–Kier alpha value is -3.03. The number of sulfonamides is 1. The maximum absolute atomic E-state index is 12.6. The zero-order valence-corrected chi connectivity index (χ0v) is 16.7. The molecule has 7 heteroatoms. The molecule has 1 N–H and O–H groups in total. The normalized spacial score (nSPS) is 13.8. The fourth-order valence-corrected chi connectivity index (χ4v) is 4.10. The largest absolute Gasteiger partial charge is 0.457 e. The SMILES string of the molecule is CC(CNS(=O)(=O)c1ccc(Oc2ccccc2)cc1)c1ccc2c(c1)OCO2. The highest BCUT2D eigenvalue weighted by Crippen LogP contribution is 2.34. The van der Waals surface area contributed by atoms with Gasteiger partial charge in [0, 0.05) is 6.54 Å². The molecule has 0 fully saturated rings. The van der Waals surface area contributed by atoms with Gasteiger partial charge in [0.05, 0.1) is 4.90 Å². The quantitative estimate of drug-likeness (QED) is 0.628. The Balaban J connectivity index is 1.39. The standard InChI is InChI=1S/C22H21NO5S/c1-16(17-7-12-21-22(13-17)27-15-26-21)14-23-29(24,25)20-10-8-19(9-11-20)28-18-5-3-2-4-6-18/h2-13,16,23H,14-15H2,1H3. The molecule has 0 spiro atoms. The molecule has 0 bridgehead atoms. The fourth-order valence-electron chi connectivity index (χ4n) is 2.97. The van der Waals surface area contributed by atoms with Gasteiger partial charge in [-0.05, 0) is 60.0 Å². The van der Waals surface area contributed by atoms with E-state index in [1.54, 1.807) is 12.1 Å². The number of hydrogen-bond donors (Lipinski definition) is 1. The zero-order valence-electron chi connectivity index (χ0n) is 15.9. The van der Waals surface area contributed by atoms with Gasteiger partial charge in [-0.15, -0.1) is 0 Å². The maximum atomic E-state index is 12.6. The number of hydrogen-bond acceptors (Lipinski definition) is 5. The van der Waals surface area contributed by atoms with Crippen LogP contribution in [0.5, 0.6) is 23.0 Å². The Bertz CT molecular complexity index is 1080. The molecule has 29 heavy (non-hydrogen) atoms. The van der Waals surface area contributed by atoms with Crippen LogP contribution in [-0.2, 0) is 10.0 Å². The van der Waals surface area contributed by atoms with Gasteiger partial charge < -0.3 is 14.2 Å². The first-order valence-corrected chi connectivity index (χ1v) is 10.7. The Labute approximate surface area is 170 Å². The Morgan fingerprint density at radius 3 is 2.38 bits per heavy atom. The molecule has 0 aliphatic carbocycles. The van der Waals surface area contributed by atoms with E-state index < -0.39 is 10.0 Å². The minimum atomic E-state index is -3.63. The molecule has 4 rings (SSSR count). The lowest BCUT2D eigenvalue weighted by Gasteiger charge is -2.14. The van der Waals surface area contributed by atoms with E-state index in [-0.39, 0.29) is 24.2 Å². The summed E-state index contributed by atoms with van der Waals surface area (Å²) in [5.41, 5.74) is 0.976. The number of fused-ring (bicyclic) bond motifs is 1. The Morgan fingerprint density at radius 1 is 0.931 bits per heavy atom. The van der Waals surface area contributed by atoms with E-state index in [4.69, 9.17) is 14.2 Å². The highest BCUT2D eigenvalue weighted by atomic mass is 32.2. The Kier molecular flexibility index (Phi) is 5.42. The molecule has 1 atom stereocenters. The molecule has 3 aromatic rings. The second-order valence-electron chi connectivity index (χ2n) is 6.75. The molecule has 3 aromatic carbocycles. The lowest BCUT2D eigenvalue weighted by Crippen LogP contribution is -2.27. The predicted octanol–water partition coefficient (Wildman–Crippen LogP) is 4.29. The first-order valence-electron chi connectivity index (χ1n) is 9.23. The third-order valence-corrected chi connectivity index (χ3v) is 6.10. The number of nitrogens with one attached hydrogen (secondary N) is 1. The minimum Gasteiger partial charge on any atom is -0.457 e. The summed E-state index contributed by atoms with van der Waals surface area (Å²) in [4.78, 5) is 0.191. The number of ether oxygens (including phenoxy) is 3. The van der Waals surface area contributed by atoms with Crippen molar-refractivity contribution >= 4 is 10.0 Å². The summed E-state index contributed by atoms with van der Waals surface area (Å²) in [6, 6.07) is 21.3. The van der Waals surface area contributed by atoms with E-state index in [0.717, 1.165) is 5.56 Å². The van der Waals surface area contributed by atoms with Gasteiger partial charge in [0.2, 0.25) is 16.8 Å². The van der Waals surface area contributed by atoms with Crippen LogP contribution in [0, 0.1) is 0 Å². The average molecular weight is 411 g/mol. The van der Waals surface area contributed by atoms with Crippen molar-refractivity contribution in [3.8, 4) is 23.0 Å². The van der Waals surface area contributed by atoms with Gasteiger partial charge >= 0.3 is 0 Å². The van der Waals surface area contributed by atoms with Gasteiger partial charge in [0.1, 0.15) is 11.5 Å². The van der Waals surface area contributed by atoms with E-state index in [9.17, 15) is 8.42 Å². The Morgan fingerprint density at radius 2 is 1.62 bits per heavy atom. The molecule has 0 radical (unpaired) electrons. The van der Waals surface area contributed by atoms with Crippen LogP contribution >= 0.6 is 0 Å². The summed E-state index contributed by atoms with van der Waals surface area (Å²) < 4.78 is 44.3. The second kappa shape index (κ2) is 8.14. The van der Waals surface area contributed by atoms with Crippen molar-refractivity contribution in [3.63, 3.8) is 0 Å². The topological polar surface area (TPSA) is 73.9 Å². The molecular weight excluding hydrogens is 390 g/mol. The lowest BCUT2D eigenvalue weighted by molar-refractivity contribution is 0.174. The molecule has 1 aliphatic rings. The molecule has 1 heterocycles. The highest BCUT2D eigenvalue weighted by molar-refractivity contribution is 7.89. The summed E-state index contributed by atoms with van der Waals surface area (Å²) in [7, 11) is -3.63. The van der Waals surface area contributed by atoms with Crippen molar-refractivity contribution in [1.82, 2.24) is 4.72 Å². The summed E-state index contributed by atoms with van der Waals surface area (Å²) in [6.07, 6.45) is 0. The lowest BCUT2D eigenvalue weighted by atomic mass is 10.0. The summed E-state index contributed by atoms with van der Waals surface area (Å²) in [5, 5.41) is 0. The molecule has 0 amide bonds. The molecule has 0 aromatic heterocycles. The van der Waals surface area contributed by atoms with Crippen molar-refractivity contribution in [3.05, 3.63) is 78.4 Å². The number of para-hydroxylation sites is 1. The van der Waals surface area contributed by atoms with Gasteiger partial charge in [-0.1, -0.05) is 31.2 Å². The van der Waals surface area contributed by atoms with Crippen molar-refractivity contribution in [1.29, 1.82) is 0 Å². The van der Waals surface area contributed by atoms with Crippen LogP contribution in [0.3, 0.4) is 0 Å². The van der Waals surface area contributed by atoms with Gasteiger partial charge in [-0.25, -0.2) is 13.1 Å². The maximum Gasteiger partial charge on any atom is 0.240 e. The zero-order chi connectivity index (χ0) is 20.3. The first-order chi connectivity index (χ1) is 14.0. The minimum absolute atomic E-state index is 0.0278. The summed E-state index contributed by atoms with van der Waals surface area (Å²) in [6.45, 7) is 2.44. The summed E-state index contributed by atoms with van der Waals surface area (Å²) >= 11 is 0. The van der Waals surface area contributed by atoms with Crippen LogP contribution in [-0.4, -0.2) is 21.8 Å². The fraction of sp³-hybridized carbons (Fsp3) is 0.182. The average Bonchev–Trinajstić information content (AvgIpc) is 3.21. The van der Waals surface area contributed by atoms with E-state index in [1.165, 1.54) is 12.1 Å². The molecule has 0 saturated carbocycles. The van der Waals surface area contributed by atoms with E-state index in [2.05, 4.69) is 4.72 Å². The molecule has 6 nitrogen and oxygen atoms in total. The van der Waals surface area contributed by atoms with Gasteiger partial charge in [-0.2, -0.15) is 0 Å². The number of benzene rings is 3. The van der Waals surface area contributed by atoms with Gasteiger partial charge in [0.25, 0.3) is 0 Å². The van der Waals surface area contributed by atoms with Crippen molar-refractivity contribution in [2.75, 3.05) is 13.3 Å². The second-order valence-corrected chi connectivity index (χ2v) is 8.52. The van der Waals surface area contributed by atoms with Crippen molar-refractivity contribution in [2.45, 2.75) is 17.7 Å². The third-order valence-electron chi connectivity index (χ3n) is 4.66. The van der Waals surface area contributed by atoms with Crippen molar-refractivity contribution < 1.29 is 22.6 Å². The van der Waals surface area contributed by atoms with Crippen LogP contribution in [0.25, 0.3) is 0 Å². The molecule has 1 aliphatic heterocycles. The van der Waals surface area contributed by atoms with E-state index in [1.807, 2.05) is 55.5 Å². The molecule has 1 unspecified atom stereocenters. The molecular formula is C22H21NO5S. The van der Waals surface area contributed by atoms with Gasteiger partial charge in [0.15, 0.2) is 11.5 Å². The van der Waals surface area contributed by atoms with Crippen molar-refractivity contribution in [2.24, 2.45) is 0 Å². The van der Waals surface area contributed by atoms with Crippen LogP contribution in [0.2, 0.25) is 0 Å². The van der Waals surface area contributed by atoms with Crippen LogP contribution in [0.4, 0.5) is 0 Å². The van der Waals surface area contributed by atoms with Gasteiger partial charge in [-0.3, -0.25) is 0 Å². The van der Waals surface area contributed by atoms with Crippen LogP contribution < -0.4 is 18.9 Å².